The molecule has 4 heteroatoms. The summed E-state index contributed by atoms with van der Waals surface area (Å²) in [5.41, 5.74) is 5.83. The van der Waals surface area contributed by atoms with Gasteiger partial charge in [0.1, 0.15) is 0 Å². The molecule has 1 amide bonds. The Morgan fingerprint density at radius 3 is 2.35 bits per heavy atom. The van der Waals surface area contributed by atoms with Crippen LogP contribution in [-0.4, -0.2) is 55.0 Å². The molecule has 0 aromatic heterocycles. The van der Waals surface area contributed by atoms with Gasteiger partial charge >= 0.3 is 0 Å². The van der Waals surface area contributed by atoms with Gasteiger partial charge in [-0.2, -0.15) is 0 Å². The molecule has 118 valence electrons. The number of likely N-dealkylation sites (N-methyl/N-ethyl adjacent to an activating group) is 2. The van der Waals surface area contributed by atoms with Gasteiger partial charge in [0, 0.05) is 19.1 Å². The second-order valence-electron chi connectivity index (χ2n) is 7.01. The fraction of sp³-hybridized carbons (Fsp3) is 0.938. The van der Waals surface area contributed by atoms with E-state index in [-0.39, 0.29) is 11.3 Å². The molecule has 0 spiro atoms. The van der Waals surface area contributed by atoms with Crippen LogP contribution in [0.5, 0.6) is 0 Å². The summed E-state index contributed by atoms with van der Waals surface area (Å²) >= 11 is 0. The smallest absolute Gasteiger partial charge is 0.236 e. The van der Waals surface area contributed by atoms with Gasteiger partial charge in [-0.15, -0.1) is 0 Å². The predicted molar refractivity (Wildman–Crippen MR) is 84.6 cm³/mol. The number of carbonyl (C=O) groups excluding carboxylic acids is 1. The monoisotopic (exact) mass is 283 g/mol. The lowest BCUT2D eigenvalue weighted by Gasteiger charge is -2.35. The zero-order valence-corrected chi connectivity index (χ0v) is 13.8. The molecule has 1 aliphatic rings. The third kappa shape index (κ3) is 5.41. The van der Waals surface area contributed by atoms with E-state index in [0.717, 1.165) is 13.1 Å². The van der Waals surface area contributed by atoms with Crippen LogP contribution >= 0.6 is 0 Å². The summed E-state index contributed by atoms with van der Waals surface area (Å²) in [5.74, 6) is 0.273. The van der Waals surface area contributed by atoms with E-state index < -0.39 is 0 Å². The molecule has 1 saturated carbocycles. The van der Waals surface area contributed by atoms with Gasteiger partial charge in [0.05, 0.1) is 6.54 Å². The van der Waals surface area contributed by atoms with Crippen molar-refractivity contribution < 1.29 is 4.79 Å². The Hall–Kier alpha value is -0.610. The summed E-state index contributed by atoms with van der Waals surface area (Å²) in [6.07, 6.45) is 6.22. The molecular formula is C16H33N3O. The van der Waals surface area contributed by atoms with Crippen molar-refractivity contribution in [2.45, 2.75) is 58.9 Å². The van der Waals surface area contributed by atoms with Crippen molar-refractivity contribution in [2.24, 2.45) is 11.1 Å². The van der Waals surface area contributed by atoms with Crippen LogP contribution in [0.15, 0.2) is 0 Å². The second-order valence-corrected chi connectivity index (χ2v) is 7.01. The molecule has 0 unspecified atom stereocenters. The van der Waals surface area contributed by atoms with E-state index in [0.29, 0.717) is 19.1 Å². The van der Waals surface area contributed by atoms with Gasteiger partial charge in [0.15, 0.2) is 0 Å². The molecule has 0 aromatic carbocycles. The summed E-state index contributed by atoms with van der Waals surface area (Å²) in [6, 6.07) is 0.470. The average molecular weight is 283 g/mol. The molecule has 0 atom stereocenters. The van der Waals surface area contributed by atoms with Gasteiger partial charge in [0.2, 0.25) is 5.91 Å². The average Bonchev–Trinajstić information content (AvgIpc) is 2.40. The lowest BCUT2D eigenvalue weighted by Crippen LogP contribution is -2.47. The van der Waals surface area contributed by atoms with Gasteiger partial charge < -0.3 is 10.6 Å². The second kappa shape index (κ2) is 7.99. The number of carbonyl (C=O) groups is 1. The fourth-order valence-electron chi connectivity index (χ4n) is 3.20. The van der Waals surface area contributed by atoms with Crippen molar-refractivity contribution in [2.75, 3.05) is 33.2 Å². The Kier molecular flexibility index (Phi) is 6.96. The number of rotatable bonds is 7. The maximum absolute atomic E-state index is 12.5. The van der Waals surface area contributed by atoms with Crippen LogP contribution in [0.4, 0.5) is 0 Å². The zero-order valence-electron chi connectivity index (χ0n) is 13.8. The zero-order chi connectivity index (χ0) is 15.2. The summed E-state index contributed by atoms with van der Waals surface area (Å²) < 4.78 is 0. The largest absolute Gasteiger partial charge is 0.339 e. The van der Waals surface area contributed by atoms with Crippen molar-refractivity contribution >= 4 is 5.91 Å². The Morgan fingerprint density at radius 2 is 1.85 bits per heavy atom. The first kappa shape index (κ1) is 17.4. The quantitative estimate of drug-likeness (QED) is 0.778. The predicted octanol–water partition coefficient (Wildman–Crippen LogP) is 2.08. The van der Waals surface area contributed by atoms with E-state index in [1.165, 1.54) is 32.1 Å². The Labute approximate surface area is 124 Å². The third-order valence-corrected chi connectivity index (χ3v) is 4.33. The van der Waals surface area contributed by atoms with E-state index in [1.54, 1.807) is 0 Å². The highest BCUT2D eigenvalue weighted by atomic mass is 16.2. The van der Waals surface area contributed by atoms with Crippen LogP contribution in [0.3, 0.4) is 0 Å². The first-order chi connectivity index (χ1) is 9.39. The first-order valence-electron chi connectivity index (χ1n) is 8.07. The Bertz CT molecular complexity index is 298. The number of amides is 1. The van der Waals surface area contributed by atoms with Crippen LogP contribution in [0, 0.1) is 5.41 Å². The molecular weight excluding hydrogens is 250 g/mol. The molecule has 0 aromatic rings. The van der Waals surface area contributed by atoms with Crippen LogP contribution in [0.1, 0.15) is 52.9 Å². The Balaban J connectivity index is 2.50. The van der Waals surface area contributed by atoms with Crippen molar-refractivity contribution in [3.05, 3.63) is 0 Å². The summed E-state index contributed by atoms with van der Waals surface area (Å²) in [6.45, 7) is 9.23. The van der Waals surface area contributed by atoms with Gasteiger partial charge in [-0.3, -0.25) is 9.69 Å². The maximum Gasteiger partial charge on any atom is 0.236 e. The lowest BCUT2D eigenvalue weighted by molar-refractivity contribution is -0.135. The minimum atomic E-state index is 0.0664. The number of nitrogens with zero attached hydrogens (tertiary/aromatic N) is 2. The highest BCUT2D eigenvalue weighted by molar-refractivity contribution is 5.78. The minimum absolute atomic E-state index is 0.0664. The van der Waals surface area contributed by atoms with Crippen molar-refractivity contribution in [3.8, 4) is 0 Å². The Morgan fingerprint density at radius 1 is 1.25 bits per heavy atom. The summed E-state index contributed by atoms with van der Waals surface area (Å²) in [5, 5.41) is 0. The van der Waals surface area contributed by atoms with Gasteiger partial charge in [-0.05, 0) is 38.8 Å². The highest BCUT2D eigenvalue weighted by Gasteiger charge is 2.26. The number of hydrogen-bond donors (Lipinski definition) is 1. The van der Waals surface area contributed by atoms with E-state index in [1.807, 2.05) is 7.05 Å². The van der Waals surface area contributed by atoms with Gasteiger partial charge in [-0.1, -0.05) is 33.1 Å². The topological polar surface area (TPSA) is 49.6 Å². The molecule has 1 rings (SSSR count). The minimum Gasteiger partial charge on any atom is -0.339 e. The van der Waals surface area contributed by atoms with Crippen molar-refractivity contribution in [1.82, 2.24) is 9.80 Å². The highest BCUT2D eigenvalue weighted by Crippen LogP contribution is 2.23. The number of hydrogen-bond acceptors (Lipinski definition) is 3. The molecule has 0 heterocycles. The molecule has 1 aliphatic carbocycles. The maximum atomic E-state index is 12.5. The first-order valence-corrected chi connectivity index (χ1v) is 8.07. The molecule has 0 bridgehead atoms. The summed E-state index contributed by atoms with van der Waals surface area (Å²) in [7, 11) is 2.02. The van der Waals surface area contributed by atoms with E-state index in [9.17, 15) is 4.79 Å². The van der Waals surface area contributed by atoms with E-state index in [4.69, 9.17) is 5.73 Å². The normalized spacial score (nSPS) is 17.5. The van der Waals surface area contributed by atoms with Crippen molar-refractivity contribution in [3.63, 3.8) is 0 Å². The molecule has 0 radical (unpaired) electrons. The van der Waals surface area contributed by atoms with E-state index >= 15 is 0 Å². The molecule has 2 N–H and O–H groups in total. The molecule has 20 heavy (non-hydrogen) atoms. The summed E-state index contributed by atoms with van der Waals surface area (Å²) in [4.78, 5) is 16.7. The standard InChI is InChI=1S/C16H33N3O/c1-5-19(14-9-7-6-8-10-14)15(20)11-18(4)13-16(2,3)12-17/h14H,5-13,17H2,1-4H3. The van der Waals surface area contributed by atoms with Crippen LogP contribution in [0.25, 0.3) is 0 Å². The molecule has 0 saturated heterocycles. The number of nitrogens with two attached hydrogens (primary N) is 1. The van der Waals surface area contributed by atoms with Gasteiger partial charge in [-0.25, -0.2) is 0 Å². The van der Waals surface area contributed by atoms with Crippen molar-refractivity contribution in [1.29, 1.82) is 0 Å². The van der Waals surface area contributed by atoms with E-state index in [2.05, 4.69) is 30.6 Å². The molecule has 1 fully saturated rings. The molecule has 0 aliphatic heterocycles. The lowest BCUT2D eigenvalue weighted by atomic mass is 9.93. The SMILES string of the molecule is CCN(C(=O)CN(C)CC(C)(C)CN)C1CCCCC1. The van der Waals surface area contributed by atoms with Crippen LogP contribution in [-0.2, 0) is 4.79 Å². The van der Waals surface area contributed by atoms with Crippen LogP contribution < -0.4 is 5.73 Å². The molecule has 4 nitrogen and oxygen atoms in total. The fourth-order valence-corrected chi connectivity index (χ4v) is 3.20. The van der Waals surface area contributed by atoms with Crippen LogP contribution in [0.2, 0.25) is 0 Å². The van der Waals surface area contributed by atoms with Gasteiger partial charge in [0.25, 0.3) is 0 Å². The third-order valence-electron chi connectivity index (χ3n) is 4.33.